The fourth-order valence-electron chi connectivity index (χ4n) is 2.13. The zero-order chi connectivity index (χ0) is 16.3. The first-order chi connectivity index (χ1) is 10.5. The van der Waals surface area contributed by atoms with Gasteiger partial charge in [0.25, 0.3) is 0 Å². The molecule has 6 nitrogen and oxygen atoms in total. The molecule has 8 heteroatoms. The van der Waals surface area contributed by atoms with E-state index in [1.807, 2.05) is 6.92 Å². The predicted octanol–water partition coefficient (Wildman–Crippen LogP) is 3.02. The van der Waals surface area contributed by atoms with Crippen molar-refractivity contribution in [3.8, 4) is 0 Å². The topological polar surface area (TPSA) is 84.9 Å². The van der Waals surface area contributed by atoms with Crippen molar-refractivity contribution < 1.29 is 14.3 Å². The number of aryl methyl sites for hydroxylation is 1. The number of carbonyl (C=O) groups excluding carboxylic acids is 2. The summed E-state index contributed by atoms with van der Waals surface area (Å²) in [6.07, 6.45) is 0. The van der Waals surface area contributed by atoms with Gasteiger partial charge < -0.3 is 9.72 Å². The van der Waals surface area contributed by atoms with Crippen LogP contribution in [0.5, 0.6) is 0 Å². The Morgan fingerprint density at radius 2 is 2.18 bits per heavy atom. The third-order valence-corrected chi connectivity index (χ3v) is 5.06. The zero-order valence-corrected chi connectivity index (χ0v) is 14.4. The Balaban J connectivity index is 2.23. The quantitative estimate of drug-likeness (QED) is 0.495. The summed E-state index contributed by atoms with van der Waals surface area (Å²) in [6.45, 7) is 7.38. The summed E-state index contributed by atoms with van der Waals surface area (Å²) in [6, 6.07) is 0. The number of aromatic amines is 1. The zero-order valence-electron chi connectivity index (χ0n) is 12.8. The average Bonchev–Trinajstić information content (AvgIpc) is 3.06. The number of carbonyl (C=O) groups is 2. The van der Waals surface area contributed by atoms with Crippen LogP contribution in [0.15, 0.2) is 9.85 Å². The molecule has 118 valence electrons. The summed E-state index contributed by atoms with van der Waals surface area (Å²) in [4.78, 5) is 27.6. The first-order valence-electron chi connectivity index (χ1n) is 6.79. The number of aromatic nitrogens is 3. The monoisotopic (exact) mass is 339 g/mol. The maximum absolute atomic E-state index is 12.6. The number of ether oxygens (including phenoxy) is 1. The molecule has 22 heavy (non-hydrogen) atoms. The molecule has 2 heterocycles. The summed E-state index contributed by atoms with van der Waals surface area (Å²) in [5.74, 6) is -0.478. The van der Waals surface area contributed by atoms with Crippen molar-refractivity contribution >= 4 is 34.9 Å². The Morgan fingerprint density at radius 3 is 2.77 bits per heavy atom. The van der Waals surface area contributed by atoms with E-state index in [1.54, 1.807) is 26.3 Å². The van der Waals surface area contributed by atoms with Crippen molar-refractivity contribution in [2.75, 3.05) is 6.61 Å². The van der Waals surface area contributed by atoms with Crippen LogP contribution in [0, 0.1) is 13.8 Å². The van der Waals surface area contributed by atoms with Crippen molar-refractivity contribution in [2.45, 2.75) is 37.3 Å². The molecule has 0 aromatic carbocycles. The van der Waals surface area contributed by atoms with Crippen LogP contribution in [-0.4, -0.2) is 38.8 Å². The summed E-state index contributed by atoms with van der Waals surface area (Å²) >= 11 is 2.75. The Morgan fingerprint density at radius 1 is 1.45 bits per heavy atom. The maximum Gasteiger partial charge on any atom is 0.340 e. The van der Waals surface area contributed by atoms with Gasteiger partial charge in [-0.3, -0.25) is 4.79 Å². The van der Waals surface area contributed by atoms with Gasteiger partial charge >= 0.3 is 5.97 Å². The average molecular weight is 339 g/mol. The number of hydrogen-bond acceptors (Lipinski definition) is 7. The van der Waals surface area contributed by atoms with Gasteiger partial charge in [0.05, 0.1) is 23.1 Å². The van der Waals surface area contributed by atoms with Crippen LogP contribution in [-0.2, 0) is 4.74 Å². The summed E-state index contributed by atoms with van der Waals surface area (Å²) in [5, 5.41) is 7.36. The number of ketones is 1. The summed E-state index contributed by atoms with van der Waals surface area (Å²) < 4.78 is 5.78. The molecule has 0 unspecified atom stereocenters. The molecule has 0 amide bonds. The molecule has 2 aromatic heterocycles. The second kappa shape index (κ2) is 7.06. The molecule has 1 atom stereocenters. The Bertz CT molecular complexity index is 680. The highest BCUT2D eigenvalue weighted by atomic mass is 32.2. The van der Waals surface area contributed by atoms with E-state index in [0.717, 1.165) is 4.34 Å². The highest BCUT2D eigenvalue weighted by molar-refractivity contribution is 8.02. The minimum atomic E-state index is -0.405. The predicted molar refractivity (Wildman–Crippen MR) is 85.8 cm³/mol. The number of H-pyrrole nitrogens is 1. The molecule has 0 spiro atoms. The van der Waals surface area contributed by atoms with Crippen molar-refractivity contribution in [3.63, 3.8) is 0 Å². The Kier molecular flexibility index (Phi) is 5.36. The summed E-state index contributed by atoms with van der Waals surface area (Å²) in [7, 11) is 0. The first kappa shape index (κ1) is 16.7. The second-order valence-electron chi connectivity index (χ2n) is 4.67. The molecule has 0 saturated heterocycles. The van der Waals surface area contributed by atoms with Gasteiger partial charge in [0.1, 0.15) is 5.51 Å². The van der Waals surface area contributed by atoms with Crippen molar-refractivity contribution in [3.05, 3.63) is 28.0 Å². The van der Waals surface area contributed by atoms with Gasteiger partial charge in [0.15, 0.2) is 10.1 Å². The molecular formula is C14H17N3O3S2. The summed E-state index contributed by atoms with van der Waals surface area (Å²) in [5.41, 5.74) is 3.80. The maximum atomic E-state index is 12.6. The van der Waals surface area contributed by atoms with Gasteiger partial charge in [0, 0.05) is 5.69 Å². The van der Waals surface area contributed by atoms with Crippen LogP contribution in [0.2, 0.25) is 0 Å². The lowest BCUT2D eigenvalue weighted by atomic mass is 10.1. The largest absolute Gasteiger partial charge is 0.462 e. The number of Topliss-reactive ketones (excluding diaryl/α,β-unsaturated/α-hetero) is 1. The molecule has 0 bridgehead atoms. The van der Waals surface area contributed by atoms with Gasteiger partial charge in [-0.25, -0.2) is 4.79 Å². The number of rotatable bonds is 6. The van der Waals surface area contributed by atoms with Crippen molar-refractivity contribution in [2.24, 2.45) is 0 Å². The highest BCUT2D eigenvalue weighted by Gasteiger charge is 2.26. The molecule has 0 aliphatic carbocycles. The first-order valence-corrected chi connectivity index (χ1v) is 8.54. The lowest BCUT2D eigenvalue weighted by Gasteiger charge is -2.07. The van der Waals surface area contributed by atoms with E-state index in [9.17, 15) is 9.59 Å². The van der Waals surface area contributed by atoms with Gasteiger partial charge in [-0.15, -0.1) is 10.2 Å². The number of hydrogen-bond donors (Lipinski definition) is 1. The number of nitrogens with one attached hydrogen (secondary N) is 1. The number of esters is 1. The normalized spacial score (nSPS) is 12.2. The SMILES string of the molecule is CCOC(=O)c1c(C)[nH]c(C(=O)[C@@H](C)Sc2nncs2)c1C. The fourth-order valence-corrected chi connectivity index (χ4v) is 3.81. The van der Waals surface area contributed by atoms with E-state index in [4.69, 9.17) is 4.74 Å². The molecule has 2 aromatic rings. The van der Waals surface area contributed by atoms with E-state index in [-0.39, 0.29) is 11.0 Å². The molecule has 0 aliphatic rings. The molecular weight excluding hydrogens is 322 g/mol. The number of thioether (sulfide) groups is 1. The lowest BCUT2D eigenvalue weighted by molar-refractivity contribution is 0.0525. The number of nitrogens with zero attached hydrogens (tertiary/aromatic N) is 2. The van der Waals surface area contributed by atoms with Crippen LogP contribution in [0.4, 0.5) is 0 Å². The third kappa shape index (κ3) is 3.38. The molecule has 0 aliphatic heterocycles. The van der Waals surface area contributed by atoms with Crippen LogP contribution in [0.25, 0.3) is 0 Å². The van der Waals surface area contributed by atoms with Crippen LogP contribution >= 0.6 is 23.1 Å². The smallest absolute Gasteiger partial charge is 0.340 e. The van der Waals surface area contributed by atoms with E-state index in [0.29, 0.717) is 29.1 Å². The van der Waals surface area contributed by atoms with E-state index in [2.05, 4.69) is 15.2 Å². The Hall–Kier alpha value is -1.67. The molecule has 2 rings (SSSR count). The van der Waals surface area contributed by atoms with Crippen molar-refractivity contribution in [1.29, 1.82) is 0 Å². The van der Waals surface area contributed by atoms with Gasteiger partial charge in [-0.05, 0) is 33.3 Å². The van der Waals surface area contributed by atoms with Gasteiger partial charge in [-0.2, -0.15) is 0 Å². The van der Waals surface area contributed by atoms with Crippen LogP contribution in [0.3, 0.4) is 0 Å². The van der Waals surface area contributed by atoms with Crippen LogP contribution in [0.1, 0.15) is 46.0 Å². The minimum absolute atomic E-state index is 0.0728. The lowest BCUT2D eigenvalue weighted by Crippen LogP contribution is -2.15. The van der Waals surface area contributed by atoms with Crippen LogP contribution < -0.4 is 0 Å². The van der Waals surface area contributed by atoms with Crippen molar-refractivity contribution in [1.82, 2.24) is 15.2 Å². The molecule has 1 N–H and O–H groups in total. The van der Waals surface area contributed by atoms with E-state index < -0.39 is 5.97 Å². The van der Waals surface area contributed by atoms with E-state index >= 15 is 0 Å². The second-order valence-corrected chi connectivity index (χ2v) is 7.10. The van der Waals surface area contributed by atoms with Gasteiger partial charge in [0.2, 0.25) is 0 Å². The fraction of sp³-hybridized carbons (Fsp3) is 0.429. The highest BCUT2D eigenvalue weighted by Crippen LogP contribution is 2.28. The van der Waals surface area contributed by atoms with Gasteiger partial charge in [-0.1, -0.05) is 23.1 Å². The van der Waals surface area contributed by atoms with E-state index in [1.165, 1.54) is 23.1 Å². The minimum Gasteiger partial charge on any atom is -0.462 e. The third-order valence-electron chi connectivity index (χ3n) is 3.15. The molecule has 0 saturated carbocycles. The standard InChI is InChI=1S/C14H17N3O3S2/c1-5-20-13(19)10-7(2)11(16-8(10)3)12(18)9(4)22-14-17-15-6-21-14/h6,9,16H,5H2,1-4H3/t9-/m1/s1. The Labute approximate surface area is 136 Å². The molecule has 0 radical (unpaired) electrons. The molecule has 0 fully saturated rings.